The van der Waals surface area contributed by atoms with Crippen molar-refractivity contribution in [1.82, 2.24) is 20.1 Å². The molecule has 160 valence electrons. The van der Waals surface area contributed by atoms with Crippen molar-refractivity contribution in [3.8, 4) is 6.07 Å². The van der Waals surface area contributed by atoms with E-state index in [1.54, 1.807) is 0 Å². The van der Waals surface area contributed by atoms with E-state index in [9.17, 15) is 5.26 Å². The van der Waals surface area contributed by atoms with Gasteiger partial charge in [-0.3, -0.25) is 0 Å². The average molecular weight is 416 g/mol. The second kappa shape index (κ2) is 8.48. The summed E-state index contributed by atoms with van der Waals surface area (Å²) in [4.78, 5) is 9.47. The van der Waals surface area contributed by atoms with Gasteiger partial charge in [0.05, 0.1) is 23.4 Å². The minimum Gasteiger partial charge on any atom is -0.362 e. The minimum absolute atomic E-state index is 0.0207. The van der Waals surface area contributed by atoms with E-state index < -0.39 is 0 Å². The number of aromatic nitrogens is 3. The molecule has 1 aliphatic rings. The van der Waals surface area contributed by atoms with Crippen LogP contribution in [0.5, 0.6) is 0 Å². The molecule has 2 atom stereocenters. The number of nitrogens with zero attached hydrogens (tertiary/aromatic N) is 6. The predicted octanol–water partition coefficient (Wildman–Crippen LogP) is 3.83. The molecule has 0 unspecified atom stereocenters. The Morgan fingerprint density at radius 3 is 2.74 bits per heavy atom. The highest BCUT2D eigenvalue weighted by Crippen LogP contribution is 2.30. The lowest BCUT2D eigenvalue weighted by Gasteiger charge is -2.39. The molecule has 1 aliphatic heterocycles. The molecular weight excluding hydrogens is 386 g/mol. The van der Waals surface area contributed by atoms with Gasteiger partial charge in [0.1, 0.15) is 5.82 Å². The van der Waals surface area contributed by atoms with Crippen molar-refractivity contribution in [3.63, 3.8) is 0 Å². The number of nitriles is 1. The fraction of sp³-hybridized carbons (Fsp3) is 0.417. The summed E-state index contributed by atoms with van der Waals surface area (Å²) in [5.41, 5.74) is 3.63. The van der Waals surface area contributed by atoms with Gasteiger partial charge in [0, 0.05) is 42.6 Å². The van der Waals surface area contributed by atoms with Crippen molar-refractivity contribution in [2.45, 2.75) is 39.8 Å². The molecule has 1 saturated heterocycles. The minimum atomic E-state index is -0.0207. The van der Waals surface area contributed by atoms with Gasteiger partial charge in [0.2, 0.25) is 0 Å². The molecule has 0 bridgehead atoms. The Bertz CT molecular complexity index is 1150. The highest BCUT2D eigenvalue weighted by atomic mass is 15.3. The van der Waals surface area contributed by atoms with Gasteiger partial charge < -0.3 is 15.1 Å². The molecule has 0 saturated carbocycles. The second-order valence-electron chi connectivity index (χ2n) is 8.52. The first-order valence-electron chi connectivity index (χ1n) is 10.7. The molecule has 1 aromatic carbocycles. The van der Waals surface area contributed by atoms with Crippen LogP contribution in [-0.4, -0.2) is 52.8 Å². The van der Waals surface area contributed by atoms with Gasteiger partial charge in [0.25, 0.3) is 0 Å². The summed E-state index contributed by atoms with van der Waals surface area (Å²) in [5.74, 6) is 1.71. The molecular formula is C24H29N7. The van der Waals surface area contributed by atoms with Crippen LogP contribution in [0.1, 0.15) is 42.3 Å². The summed E-state index contributed by atoms with van der Waals surface area (Å²) in [5, 5.41) is 23.8. The molecule has 7 heteroatoms. The maximum absolute atomic E-state index is 9.37. The number of aryl methyl sites for hydroxylation is 1. The number of nitrogens with one attached hydrogen (secondary N) is 1. The van der Waals surface area contributed by atoms with Crippen molar-refractivity contribution in [1.29, 1.82) is 5.26 Å². The van der Waals surface area contributed by atoms with Crippen LogP contribution in [0, 0.1) is 25.2 Å². The first-order chi connectivity index (χ1) is 14.9. The standard InChI is InChI=1S/C24H29N7/c1-15-14-30(5)9-10-31(15)23-11-21-22(13-26-23)18(4)28-29-24(21)27-17(3)20-8-6-7-19(12-25)16(20)2/h6-8,11,13,15,17H,9-10,14H2,1-5H3,(H,27,29)/t15-,17+/m0/s1. The fourth-order valence-electron chi connectivity index (χ4n) is 4.43. The third-order valence-electron chi connectivity index (χ3n) is 6.28. The summed E-state index contributed by atoms with van der Waals surface area (Å²) in [7, 11) is 2.16. The zero-order valence-corrected chi connectivity index (χ0v) is 18.8. The first kappa shape index (κ1) is 21.0. The maximum Gasteiger partial charge on any atom is 0.157 e. The third kappa shape index (κ3) is 4.04. The number of likely N-dealkylation sites (N-methyl/N-ethyl adjacent to an activating group) is 1. The average Bonchev–Trinajstić information content (AvgIpc) is 2.75. The molecule has 1 fully saturated rings. The van der Waals surface area contributed by atoms with Crippen LogP contribution >= 0.6 is 0 Å². The Morgan fingerprint density at radius 1 is 1.19 bits per heavy atom. The van der Waals surface area contributed by atoms with Crippen molar-refractivity contribution in [2.75, 3.05) is 36.9 Å². The molecule has 3 aromatic rings. The number of hydrogen-bond acceptors (Lipinski definition) is 7. The molecule has 0 radical (unpaired) electrons. The Kier molecular flexibility index (Phi) is 5.75. The zero-order chi connectivity index (χ0) is 22.1. The second-order valence-corrected chi connectivity index (χ2v) is 8.52. The lowest BCUT2D eigenvalue weighted by atomic mass is 9.98. The lowest BCUT2D eigenvalue weighted by Crippen LogP contribution is -2.50. The van der Waals surface area contributed by atoms with Gasteiger partial charge in [-0.2, -0.15) is 10.4 Å². The van der Waals surface area contributed by atoms with E-state index in [0.717, 1.165) is 58.9 Å². The molecule has 31 heavy (non-hydrogen) atoms. The lowest BCUT2D eigenvalue weighted by molar-refractivity contribution is 0.274. The van der Waals surface area contributed by atoms with Crippen LogP contribution in [0.2, 0.25) is 0 Å². The van der Waals surface area contributed by atoms with Crippen molar-refractivity contribution in [2.24, 2.45) is 0 Å². The molecule has 0 aliphatic carbocycles. The molecule has 0 spiro atoms. The van der Waals surface area contributed by atoms with E-state index in [-0.39, 0.29) is 6.04 Å². The predicted molar refractivity (Wildman–Crippen MR) is 124 cm³/mol. The third-order valence-corrected chi connectivity index (χ3v) is 6.28. The first-order valence-corrected chi connectivity index (χ1v) is 10.7. The number of piperazine rings is 1. The molecule has 0 amide bonds. The van der Waals surface area contributed by atoms with Gasteiger partial charge in [-0.05, 0) is 58.0 Å². The van der Waals surface area contributed by atoms with E-state index in [1.165, 1.54) is 0 Å². The van der Waals surface area contributed by atoms with Crippen molar-refractivity contribution in [3.05, 3.63) is 52.8 Å². The van der Waals surface area contributed by atoms with Crippen molar-refractivity contribution < 1.29 is 0 Å². The Balaban J connectivity index is 1.71. The van der Waals surface area contributed by atoms with Gasteiger partial charge in [-0.1, -0.05) is 12.1 Å². The molecule has 1 N–H and O–H groups in total. The van der Waals surface area contributed by atoms with Crippen LogP contribution in [0.3, 0.4) is 0 Å². The largest absolute Gasteiger partial charge is 0.362 e. The van der Waals surface area contributed by atoms with E-state index in [4.69, 9.17) is 4.98 Å². The monoisotopic (exact) mass is 415 g/mol. The highest BCUT2D eigenvalue weighted by molar-refractivity contribution is 5.94. The van der Waals surface area contributed by atoms with E-state index in [0.29, 0.717) is 11.6 Å². The van der Waals surface area contributed by atoms with Crippen LogP contribution in [0.4, 0.5) is 11.6 Å². The van der Waals surface area contributed by atoms with Crippen LogP contribution in [0.15, 0.2) is 30.5 Å². The van der Waals surface area contributed by atoms with Gasteiger partial charge in [-0.25, -0.2) is 4.98 Å². The molecule has 4 rings (SSSR count). The van der Waals surface area contributed by atoms with E-state index >= 15 is 0 Å². The highest BCUT2D eigenvalue weighted by Gasteiger charge is 2.23. The van der Waals surface area contributed by atoms with Crippen LogP contribution < -0.4 is 10.2 Å². The number of fused-ring (bicyclic) bond motifs is 1. The summed E-state index contributed by atoms with van der Waals surface area (Å²) >= 11 is 0. The number of rotatable bonds is 4. The van der Waals surface area contributed by atoms with E-state index in [1.807, 2.05) is 32.2 Å². The number of anilines is 2. The van der Waals surface area contributed by atoms with Gasteiger partial charge >= 0.3 is 0 Å². The number of benzene rings is 1. The number of hydrogen-bond donors (Lipinski definition) is 1. The Hall–Kier alpha value is -3.24. The SMILES string of the molecule is Cc1c(C#N)cccc1[C@@H](C)Nc1nnc(C)c2cnc(N3CCN(C)C[C@@H]3C)cc12. The molecule has 3 heterocycles. The summed E-state index contributed by atoms with van der Waals surface area (Å²) in [6, 6.07) is 10.6. The summed E-state index contributed by atoms with van der Waals surface area (Å²) in [6.45, 7) is 11.3. The molecule has 7 nitrogen and oxygen atoms in total. The normalized spacial score (nSPS) is 18.1. The summed E-state index contributed by atoms with van der Waals surface area (Å²) in [6.07, 6.45) is 1.91. The number of pyridine rings is 1. The smallest absolute Gasteiger partial charge is 0.157 e. The van der Waals surface area contributed by atoms with Gasteiger partial charge in [-0.15, -0.1) is 5.10 Å². The zero-order valence-electron chi connectivity index (χ0n) is 18.8. The fourth-order valence-corrected chi connectivity index (χ4v) is 4.43. The quantitative estimate of drug-likeness (QED) is 0.693. The topological polar surface area (TPSA) is 81.0 Å². The van der Waals surface area contributed by atoms with E-state index in [2.05, 4.69) is 64.4 Å². The Labute approximate surface area is 183 Å². The maximum atomic E-state index is 9.37. The van der Waals surface area contributed by atoms with Crippen molar-refractivity contribution >= 4 is 22.4 Å². The van der Waals surface area contributed by atoms with Gasteiger partial charge in [0.15, 0.2) is 5.82 Å². The van der Waals surface area contributed by atoms with Crippen LogP contribution in [-0.2, 0) is 0 Å². The Morgan fingerprint density at radius 2 is 2.00 bits per heavy atom. The summed E-state index contributed by atoms with van der Waals surface area (Å²) < 4.78 is 0. The van der Waals surface area contributed by atoms with Crippen LogP contribution in [0.25, 0.3) is 10.8 Å². The molecule has 2 aromatic heterocycles.